The maximum absolute atomic E-state index is 12.0. The van der Waals surface area contributed by atoms with Crippen LogP contribution < -0.4 is 0 Å². The number of hydrogen-bond donors (Lipinski definition) is 2. The molecule has 22 heavy (non-hydrogen) atoms. The Kier molecular flexibility index (Phi) is 3.70. The van der Waals surface area contributed by atoms with Crippen molar-refractivity contribution in [3.05, 3.63) is 27.7 Å². The zero-order valence-electron chi connectivity index (χ0n) is 12.2. The third kappa shape index (κ3) is 2.41. The predicted molar refractivity (Wildman–Crippen MR) is 82.5 cm³/mol. The Morgan fingerprint density at radius 3 is 2.68 bits per heavy atom. The van der Waals surface area contributed by atoms with Gasteiger partial charge in [-0.3, -0.25) is 0 Å². The van der Waals surface area contributed by atoms with Gasteiger partial charge in [-0.05, 0) is 32.4 Å². The smallest absolute Gasteiger partial charge is 0.410 e. The van der Waals surface area contributed by atoms with Gasteiger partial charge < -0.3 is 19.8 Å². The minimum Gasteiger partial charge on any atom is -0.508 e. The van der Waals surface area contributed by atoms with Crippen LogP contribution in [0.4, 0.5) is 4.79 Å². The highest BCUT2D eigenvalue weighted by atomic mass is 35.5. The second kappa shape index (κ2) is 5.18. The SMILES string of the molecule is CC(C)(O)[C@H]1OC(=O)N2C[C@@H](c3c(O)ccc(Cl)c3Cl)C[C@@H]12. The average Bonchev–Trinajstić information content (AvgIpc) is 2.95. The Morgan fingerprint density at radius 1 is 1.36 bits per heavy atom. The highest BCUT2D eigenvalue weighted by Crippen LogP contribution is 2.46. The van der Waals surface area contributed by atoms with Gasteiger partial charge >= 0.3 is 6.09 Å². The number of ether oxygens (including phenoxy) is 1. The lowest BCUT2D eigenvalue weighted by molar-refractivity contribution is -0.0458. The van der Waals surface area contributed by atoms with E-state index >= 15 is 0 Å². The van der Waals surface area contributed by atoms with Gasteiger partial charge in [-0.1, -0.05) is 23.2 Å². The lowest BCUT2D eigenvalue weighted by Crippen LogP contribution is -2.44. The number of aromatic hydroxyl groups is 1. The largest absolute Gasteiger partial charge is 0.508 e. The van der Waals surface area contributed by atoms with E-state index in [-0.39, 0.29) is 17.7 Å². The molecule has 0 aliphatic carbocycles. The van der Waals surface area contributed by atoms with Gasteiger partial charge in [0, 0.05) is 18.0 Å². The molecule has 0 aromatic heterocycles. The van der Waals surface area contributed by atoms with Gasteiger partial charge in [-0.15, -0.1) is 0 Å². The van der Waals surface area contributed by atoms with Crippen LogP contribution in [0, 0.1) is 0 Å². The van der Waals surface area contributed by atoms with Crippen molar-refractivity contribution in [1.82, 2.24) is 4.90 Å². The number of rotatable bonds is 2. The highest BCUT2D eigenvalue weighted by Gasteiger charge is 2.53. The summed E-state index contributed by atoms with van der Waals surface area (Å²) in [5.74, 6) is -0.0809. The van der Waals surface area contributed by atoms with Crippen molar-refractivity contribution in [2.24, 2.45) is 0 Å². The van der Waals surface area contributed by atoms with E-state index in [0.29, 0.717) is 28.6 Å². The molecule has 7 heteroatoms. The molecule has 2 aliphatic rings. The molecule has 2 aliphatic heterocycles. The van der Waals surface area contributed by atoms with E-state index in [1.807, 2.05) is 0 Å². The number of nitrogens with zero attached hydrogens (tertiary/aromatic N) is 1. The second-order valence-corrected chi connectivity index (χ2v) is 7.19. The number of carbonyl (C=O) groups excluding carboxylic acids is 1. The molecule has 1 aromatic carbocycles. The van der Waals surface area contributed by atoms with Crippen LogP contribution in [0.3, 0.4) is 0 Å². The fourth-order valence-corrected chi connectivity index (χ4v) is 3.87. The van der Waals surface area contributed by atoms with Crippen LogP contribution in [0.1, 0.15) is 31.7 Å². The quantitative estimate of drug-likeness (QED) is 0.863. The van der Waals surface area contributed by atoms with Gasteiger partial charge in [0.2, 0.25) is 0 Å². The molecule has 0 unspecified atom stereocenters. The molecule has 3 rings (SSSR count). The number of halogens is 2. The molecule has 0 bridgehead atoms. The zero-order valence-corrected chi connectivity index (χ0v) is 13.7. The second-order valence-electron chi connectivity index (χ2n) is 6.40. The first-order chi connectivity index (χ1) is 10.2. The van der Waals surface area contributed by atoms with Crippen molar-refractivity contribution in [2.45, 2.75) is 43.9 Å². The molecule has 120 valence electrons. The molecular formula is C15H17Cl2NO4. The molecule has 1 amide bonds. The first kappa shape index (κ1) is 15.7. The van der Waals surface area contributed by atoms with Crippen LogP contribution in [0.5, 0.6) is 5.75 Å². The van der Waals surface area contributed by atoms with Gasteiger partial charge in [0.1, 0.15) is 5.75 Å². The molecule has 5 nitrogen and oxygen atoms in total. The van der Waals surface area contributed by atoms with Crippen LogP contribution >= 0.6 is 23.2 Å². The lowest BCUT2D eigenvalue weighted by Gasteiger charge is -2.27. The van der Waals surface area contributed by atoms with Crippen molar-refractivity contribution < 1.29 is 19.7 Å². The summed E-state index contributed by atoms with van der Waals surface area (Å²) in [6.07, 6.45) is -0.504. The first-order valence-corrected chi connectivity index (χ1v) is 7.82. The molecule has 2 N–H and O–H groups in total. The van der Waals surface area contributed by atoms with Crippen LogP contribution in [-0.4, -0.2) is 45.5 Å². The van der Waals surface area contributed by atoms with Gasteiger partial charge in [0.05, 0.1) is 21.7 Å². The Balaban J connectivity index is 1.93. The number of amides is 1. The Morgan fingerprint density at radius 2 is 2.05 bits per heavy atom. The molecule has 2 saturated heterocycles. The number of phenols is 1. The maximum atomic E-state index is 12.0. The lowest BCUT2D eigenvalue weighted by atomic mass is 9.89. The van der Waals surface area contributed by atoms with E-state index < -0.39 is 17.8 Å². The molecule has 3 atom stereocenters. The predicted octanol–water partition coefficient (Wildman–Crippen LogP) is 3.15. The minimum atomic E-state index is -1.13. The van der Waals surface area contributed by atoms with Crippen molar-refractivity contribution >= 4 is 29.3 Å². The van der Waals surface area contributed by atoms with E-state index in [4.69, 9.17) is 27.9 Å². The van der Waals surface area contributed by atoms with E-state index in [1.54, 1.807) is 18.7 Å². The van der Waals surface area contributed by atoms with E-state index in [0.717, 1.165) is 0 Å². The van der Waals surface area contributed by atoms with Crippen molar-refractivity contribution in [3.8, 4) is 5.75 Å². The summed E-state index contributed by atoms with van der Waals surface area (Å²) in [6.45, 7) is 3.61. The standard InChI is InChI=1S/C15H17Cl2NO4/c1-15(2,21)13-9-5-7(6-18(9)14(20)22-13)11-10(19)4-3-8(16)12(11)17/h3-4,7,9,13,19,21H,5-6H2,1-2H3/t7-,9-,13-/m0/s1. The average molecular weight is 346 g/mol. The van der Waals surface area contributed by atoms with Crippen molar-refractivity contribution in [2.75, 3.05) is 6.54 Å². The van der Waals surface area contributed by atoms with Gasteiger partial charge in [-0.25, -0.2) is 4.79 Å². The van der Waals surface area contributed by atoms with Crippen LogP contribution in [-0.2, 0) is 4.74 Å². The topological polar surface area (TPSA) is 70.0 Å². The summed E-state index contributed by atoms with van der Waals surface area (Å²) in [5, 5.41) is 21.0. The normalized spacial score (nSPS) is 28.0. The Bertz CT molecular complexity index is 629. The van der Waals surface area contributed by atoms with Crippen LogP contribution in [0.25, 0.3) is 0 Å². The number of carbonyl (C=O) groups is 1. The fourth-order valence-electron chi connectivity index (χ4n) is 3.39. The minimum absolute atomic E-state index is 0.0637. The third-order valence-electron chi connectivity index (χ3n) is 4.37. The maximum Gasteiger partial charge on any atom is 0.410 e. The Labute approximate surface area is 138 Å². The highest BCUT2D eigenvalue weighted by molar-refractivity contribution is 6.42. The molecule has 0 radical (unpaired) electrons. The summed E-state index contributed by atoms with van der Waals surface area (Å²) in [5.41, 5.74) is -0.588. The molecular weight excluding hydrogens is 329 g/mol. The molecule has 2 fully saturated rings. The monoisotopic (exact) mass is 345 g/mol. The summed E-state index contributed by atoms with van der Waals surface area (Å²) >= 11 is 12.2. The summed E-state index contributed by atoms with van der Waals surface area (Å²) in [7, 11) is 0. The molecule has 0 saturated carbocycles. The summed E-state index contributed by atoms with van der Waals surface area (Å²) in [4.78, 5) is 13.6. The van der Waals surface area contributed by atoms with E-state index in [2.05, 4.69) is 0 Å². The van der Waals surface area contributed by atoms with Gasteiger partial charge in [0.25, 0.3) is 0 Å². The summed E-state index contributed by atoms with van der Waals surface area (Å²) < 4.78 is 5.28. The van der Waals surface area contributed by atoms with E-state index in [9.17, 15) is 15.0 Å². The molecule has 2 heterocycles. The van der Waals surface area contributed by atoms with Crippen molar-refractivity contribution in [3.63, 3.8) is 0 Å². The van der Waals surface area contributed by atoms with Crippen LogP contribution in [0.15, 0.2) is 12.1 Å². The zero-order chi connectivity index (χ0) is 16.2. The summed E-state index contributed by atoms with van der Waals surface area (Å²) in [6, 6.07) is 2.79. The number of aliphatic hydroxyl groups is 1. The fraction of sp³-hybridized carbons (Fsp3) is 0.533. The number of benzene rings is 1. The molecule has 1 aromatic rings. The van der Waals surface area contributed by atoms with Crippen molar-refractivity contribution in [1.29, 1.82) is 0 Å². The Hall–Kier alpha value is -1.17. The van der Waals surface area contributed by atoms with Gasteiger partial charge in [-0.2, -0.15) is 0 Å². The number of phenolic OH excluding ortho intramolecular Hbond substituents is 1. The van der Waals surface area contributed by atoms with E-state index in [1.165, 1.54) is 12.1 Å². The first-order valence-electron chi connectivity index (χ1n) is 7.06. The third-order valence-corrected chi connectivity index (χ3v) is 5.19. The number of fused-ring (bicyclic) bond motifs is 1. The van der Waals surface area contributed by atoms with Gasteiger partial charge in [0.15, 0.2) is 6.10 Å². The number of hydrogen-bond acceptors (Lipinski definition) is 4. The molecule has 0 spiro atoms. The van der Waals surface area contributed by atoms with Crippen LogP contribution in [0.2, 0.25) is 10.0 Å². The number of cyclic esters (lactones) is 1.